The van der Waals surface area contributed by atoms with Gasteiger partial charge in [-0.1, -0.05) is 19.3 Å². The van der Waals surface area contributed by atoms with Gasteiger partial charge in [0.05, 0.1) is 12.2 Å². The molecule has 2 aliphatic carbocycles. The van der Waals surface area contributed by atoms with Crippen LogP contribution in [0, 0.1) is 12.8 Å². The maximum atomic E-state index is 5.91. The third-order valence-electron chi connectivity index (χ3n) is 4.29. The Bertz CT molecular complexity index is 453. The summed E-state index contributed by atoms with van der Waals surface area (Å²) < 4.78 is 5.91. The van der Waals surface area contributed by atoms with Crippen LogP contribution in [-0.2, 0) is 0 Å². The summed E-state index contributed by atoms with van der Waals surface area (Å²) in [5.41, 5.74) is 1.03. The molecule has 3 rings (SSSR count). The van der Waals surface area contributed by atoms with E-state index in [4.69, 9.17) is 4.74 Å². The van der Waals surface area contributed by atoms with Gasteiger partial charge < -0.3 is 10.1 Å². The number of rotatable bonds is 6. The average molecular weight is 261 g/mol. The van der Waals surface area contributed by atoms with Crippen LogP contribution in [0.15, 0.2) is 0 Å². The molecule has 1 aromatic heterocycles. The Labute approximate surface area is 115 Å². The average Bonchev–Trinajstić information content (AvgIpc) is 3.18. The minimum atomic E-state index is 0.557. The molecule has 0 aliphatic heterocycles. The van der Waals surface area contributed by atoms with E-state index in [1.807, 2.05) is 14.0 Å². The SMILES string of the molecule is CNc1nc(C2CC2)nc(OCCC2CCC2)c1C. The first-order valence-electron chi connectivity index (χ1n) is 7.47. The molecule has 0 unspecified atom stereocenters. The van der Waals surface area contributed by atoms with Crippen molar-refractivity contribution in [3.63, 3.8) is 0 Å². The highest BCUT2D eigenvalue weighted by Crippen LogP contribution is 2.40. The molecule has 0 bridgehead atoms. The molecule has 1 heterocycles. The predicted octanol–water partition coefficient (Wildman–Crippen LogP) is 3.27. The van der Waals surface area contributed by atoms with Gasteiger partial charge in [-0.25, -0.2) is 4.98 Å². The molecule has 0 saturated heterocycles. The standard InChI is InChI=1S/C15H23N3O/c1-10-13(16-2)17-14(12-6-7-12)18-15(10)19-9-8-11-4-3-5-11/h11-12H,3-9H2,1-2H3,(H,16,17,18). The van der Waals surface area contributed by atoms with E-state index in [2.05, 4.69) is 15.3 Å². The van der Waals surface area contributed by atoms with E-state index in [0.29, 0.717) is 5.92 Å². The first-order valence-corrected chi connectivity index (χ1v) is 7.47. The Morgan fingerprint density at radius 2 is 2.00 bits per heavy atom. The Morgan fingerprint density at radius 1 is 1.21 bits per heavy atom. The van der Waals surface area contributed by atoms with Crippen LogP contribution in [0.2, 0.25) is 0 Å². The molecule has 19 heavy (non-hydrogen) atoms. The predicted molar refractivity (Wildman–Crippen MR) is 75.7 cm³/mol. The number of anilines is 1. The normalized spacial score (nSPS) is 19.1. The smallest absolute Gasteiger partial charge is 0.221 e. The molecule has 0 amide bonds. The van der Waals surface area contributed by atoms with Crippen molar-refractivity contribution < 1.29 is 4.74 Å². The molecular weight excluding hydrogens is 238 g/mol. The minimum Gasteiger partial charge on any atom is -0.477 e. The highest BCUT2D eigenvalue weighted by Gasteiger charge is 2.28. The Kier molecular flexibility index (Phi) is 3.58. The largest absolute Gasteiger partial charge is 0.477 e. The first-order chi connectivity index (χ1) is 9.28. The van der Waals surface area contributed by atoms with Crippen LogP contribution in [0.25, 0.3) is 0 Å². The van der Waals surface area contributed by atoms with Crippen LogP contribution >= 0.6 is 0 Å². The van der Waals surface area contributed by atoms with Gasteiger partial charge in [0.1, 0.15) is 11.6 Å². The summed E-state index contributed by atoms with van der Waals surface area (Å²) in [6, 6.07) is 0. The minimum absolute atomic E-state index is 0.557. The molecule has 4 nitrogen and oxygen atoms in total. The van der Waals surface area contributed by atoms with Crippen LogP contribution in [0.1, 0.15) is 55.8 Å². The summed E-state index contributed by atoms with van der Waals surface area (Å²) in [5, 5.41) is 3.15. The number of hydrogen-bond acceptors (Lipinski definition) is 4. The number of ether oxygens (including phenoxy) is 1. The molecule has 1 aromatic rings. The van der Waals surface area contributed by atoms with Gasteiger partial charge in [0.2, 0.25) is 5.88 Å². The van der Waals surface area contributed by atoms with E-state index in [-0.39, 0.29) is 0 Å². The maximum absolute atomic E-state index is 5.91. The summed E-state index contributed by atoms with van der Waals surface area (Å²) in [4.78, 5) is 9.19. The molecule has 0 spiro atoms. The van der Waals surface area contributed by atoms with Gasteiger partial charge in [-0.3, -0.25) is 0 Å². The van der Waals surface area contributed by atoms with Gasteiger partial charge in [0.15, 0.2) is 0 Å². The topological polar surface area (TPSA) is 47.0 Å². The third kappa shape index (κ3) is 2.82. The summed E-state index contributed by atoms with van der Waals surface area (Å²) >= 11 is 0. The monoisotopic (exact) mass is 261 g/mol. The van der Waals surface area contributed by atoms with Gasteiger partial charge >= 0.3 is 0 Å². The lowest BCUT2D eigenvalue weighted by molar-refractivity contribution is 0.216. The number of nitrogens with one attached hydrogen (secondary N) is 1. The van der Waals surface area contributed by atoms with Crippen LogP contribution in [0.4, 0.5) is 5.82 Å². The number of hydrogen-bond donors (Lipinski definition) is 1. The molecule has 2 aliphatic rings. The van der Waals surface area contributed by atoms with E-state index in [0.717, 1.165) is 42.0 Å². The second kappa shape index (κ2) is 5.35. The van der Waals surface area contributed by atoms with Crippen molar-refractivity contribution in [3.05, 3.63) is 11.4 Å². The molecule has 1 N–H and O–H groups in total. The van der Waals surface area contributed by atoms with Crippen molar-refractivity contribution in [2.24, 2.45) is 5.92 Å². The molecule has 104 valence electrons. The van der Waals surface area contributed by atoms with Crippen LogP contribution < -0.4 is 10.1 Å². The van der Waals surface area contributed by atoms with E-state index >= 15 is 0 Å². The molecule has 0 atom stereocenters. The second-order valence-corrected chi connectivity index (χ2v) is 5.82. The quantitative estimate of drug-likeness (QED) is 0.853. The molecule has 2 fully saturated rings. The molecule has 0 radical (unpaired) electrons. The van der Waals surface area contributed by atoms with Gasteiger partial charge in [0.25, 0.3) is 0 Å². The highest BCUT2D eigenvalue weighted by atomic mass is 16.5. The fourth-order valence-electron chi connectivity index (χ4n) is 2.52. The van der Waals surface area contributed by atoms with E-state index < -0.39 is 0 Å². The summed E-state index contributed by atoms with van der Waals surface area (Å²) in [6.07, 6.45) is 7.74. The summed E-state index contributed by atoms with van der Waals surface area (Å²) in [5.74, 6) is 4.08. The highest BCUT2D eigenvalue weighted by molar-refractivity contribution is 5.48. The zero-order valence-corrected chi connectivity index (χ0v) is 11.9. The lowest BCUT2D eigenvalue weighted by Gasteiger charge is -2.25. The van der Waals surface area contributed by atoms with E-state index in [1.165, 1.54) is 32.1 Å². The van der Waals surface area contributed by atoms with Gasteiger partial charge in [-0.15, -0.1) is 0 Å². The van der Waals surface area contributed by atoms with Crippen molar-refractivity contribution >= 4 is 5.82 Å². The lowest BCUT2D eigenvalue weighted by atomic mass is 9.83. The number of aromatic nitrogens is 2. The van der Waals surface area contributed by atoms with Gasteiger partial charge in [-0.05, 0) is 32.1 Å². The fraction of sp³-hybridized carbons (Fsp3) is 0.733. The molecule has 4 heteroatoms. The number of nitrogens with zero attached hydrogens (tertiary/aromatic N) is 2. The van der Waals surface area contributed by atoms with Crippen molar-refractivity contribution in [1.82, 2.24) is 9.97 Å². The van der Waals surface area contributed by atoms with E-state index in [1.54, 1.807) is 0 Å². The first kappa shape index (κ1) is 12.7. The fourth-order valence-corrected chi connectivity index (χ4v) is 2.52. The van der Waals surface area contributed by atoms with Crippen LogP contribution in [-0.4, -0.2) is 23.6 Å². The maximum Gasteiger partial charge on any atom is 0.221 e. The van der Waals surface area contributed by atoms with Crippen molar-refractivity contribution in [2.75, 3.05) is 19.0 Å². The Balaban J connectivity index is 1.68. The molecule has 0 aromatic carbocycles. The Hall–Kier alpha value is -1.32. The zero-order valence-electron chi connectivity index (χ0n) is 11.9. The third-order valence-corrected chi connectivity index (χ3v) is 4.29. The molecule has 2 saturated carbocycles. The lowest BCUT2D eigenvalue weighted by Crippen LogP contribution is -2.15. The van der Waals surface area contributed by atoms with E-state index in [9.17, 15) is 0 Å². The van der Waals surface area contributed by atoms with Crippen molar-refractivity contribution in [1.29, 1.82) is 0 Å². The molecular formula is C15H23N3O. The van der Waals surface area contributed by atoms with Crippen LogP contribution in [0.5, 0.6) is 5.88 Å². The Morgan fingerprint density at radius 3 is 2.58 bits per heavy atom. The van der Waals surface area contributed by atoms with Crippen molar-refractivity contribution in [3.8, 4) is 5.88 Å². The summed E-state index contributed by atoms with van der Waals surface area (Å²) in [7, 11) is 1.91. The van der Waals surface area contributed by atoms with Crippen molar-refractivity contribution in [2.45, 2.75) is 51.4 Å². The van der Waals surface area contributed by atoms with Crippen LogP contribution in [0.3, 0.4) is 0 Å². The van der Waals surface area contributed by atoms with Gasteiger partial charge in [-0.2, -0.15) is 4.98 Å². The summed E-state index contributed by atoms with van der Waals surface area (Å²) in [6.45, 7) is 2.82. The van der Waals surface area contributed by atoms with Gasteiger partial charge in [0, 0.05) is 13.0 Å². The zero-order chi connectivity index (χ0) is 13.2. The second-order valence-electron chi connectivity index (χ2n) is 5.82.